The minimum atomic E-state index is -0.0786. The lowest BCUT2D eigenvalue weighted by atomic mass is 10.0. The smallest absolute Gasteiger partial charge is 0.249 e. The standard InChI is InChI=1S/C19H26N6O/c1-10(2)14-9-16(25-15(20-14)8-12(5)23-25)21-17(11(3)4)19-22-18(24-26-19)13-6-7-13/h8-11,13,17,21H,6-7H2,1-5H3. The van der Waals surface area contributed by atoms with Crippen molar-refractivity contribution in [1.29, 1.82) is 0 Å². The van der Waals surface area contributed by atoms with Gasteiger partial charge in [-0.05, 0) is 31.6 Å². The maximum absolute atomic E-state index is 5.59. The Balaban J connectivity index is 1.72. The van der Waals surface area contributed by atoms with Crippen LogP contribution in [0.5, 0.6) is 0 Å². The van der Waals surface area contributed by atoms with Gasteiger partial charge < -0.3 is 9.84 Å². The van der Waals surface area contributed by atoms with Crippen LogP contribution in [0.3, 0.4) is 0 Å². The summed E-state index contributed by atoms with van der Waals surface area (Å²) in [7, 11) is 0. The minimum Gasteiger partial charge on any atom is -0.358 e. The maximum atomic E-state index is 5.59. The van der Waals surface area contributed by atoms with Crippen LogP contribution in [0.25, 0.3) is 5.65 Å². The zero-order valence-corrected chi connectivity index (χ0v) is 16.0. The SMILES string of the molecule is Cc1cc2nc(C(C)C)cc(NC(c3nc(C4CC4)no3)C(C)C)n2n1. The van der Waals surface area contributed by atoms with Crippen LogP contribution in [0.4, 0.5) is 5.82 Å². The number of rotatable bonds is 6. The lowest BCUT2D eigenvalue weighted by molar-refractivity contribution is 0.332. The van der Waals surface area contributed by atoms with Gasteiger partial charge >= 0.3 is 0 Å². The molecule has 4 rings (SSSR count). The first-order chi connectivity index (χ1) is 12.4. The summed E-state index contributed by atoms with van der Waals surface area (Å²) in [6.45, 7) is 10.6. The van der Waals surface area contributed by atoms with E-state index in [2.05, 4.69) is 54.3 Å². The van der Waals surface area contributed by atoms with Gasteiger partial charge in [0.1, 0.15) is 11.9 Å². The molecule has 0 radical (unpaired) electrons. The van der Waals surface area contributed by atoms with E-state index >= 15 is 0 Å². The number of nitrogens with one attached hydrogen (secondary N) is 1. The third-order valence-electron chi connectivity index (χ3n) is 4.80. The molecule has 1 N–H and O–H groups in total. The number of anilines is 1. The lowest BCUT2D eigenvalue weighted by Crippen LogP contribution is -2.20. The third-order valence-corrected chi connectivity index (χ3v) is 4.80. The van der Waals surface area contributed by atoms with Crippen LogP contribution in [0.2, 0.25) is 0 Å². The van der Waals surface area contributed by atoms with Crippen LogP contribution in [-0.2, 0) is 0 Å². The van der Waals surface area contributed by atoms with E-state index in [1.54, 1.807) is 0 Å². The van der Waals surface area contributed by atoms with E-state index in [4.69, 9.17) is 9.51 Å². The fraction of sp³-hybridized carbons (Fsp3) is 0.579. The molecule has 1 saturated carbocycles. The average Bonchev–Trinajstić information content (AvgIpc) is 3.19. The molecule has 3 heterocycles. The van der Waals surface area contributed by atoms with Crippen molar-refractivity contribution in [2.45, 2.75) is 65.3 Å². The van der Waals surface area contributed by atoms with E-state index in [0.717, 1.165) is 41.5 Å². The van der Waals surface area contributed by atoms with Crippen LogP contribution in [-0.4, -0.2) is 24.7 Å². The molecular formula is C19H26N6O. The largest absolute Gasteiger partial charge is 0.358 e. The Kier molecular flexibility index (Phi) is 4.17. The number of aryl methyl sites for hydroxylation is 1. The second-order valence-corrected chi connectivity index (χ2v) is 7.91. The van der Waals surface area contributed by atoms with Crippen molar-refractivity contribution in [1.82, 2.24) is 24.7 Å². The lowest BCUT2D eigenvalue weighted by Gasteiger charge is -2.21. The van der Waals surface area contributed by atoms with E-state index < -0.39 is 0 Å². The first kappa shape index (κ1) is 17.0. The van der Waals surface area contributed by atoms with Crippen molar-refractivity contribution in [2.24, 2.45) is 5.92 Å². The van der Waals surface area contributed by atoms with E-state index in [-0.39, 0.29) is 12.0 Å². The summed E-state index contributed by atoms with van der Waals surface area (Å²) >= 11 is 0. The molecule has 3 aromatic rings. The molecule has 1 unspecified atom stereocenters. The van der Waals surface area contributed by atoms with Gasteiger partial charge in [-0.25, -0.2) is 4.98 Å². The zero-order valence-electron chi connectivity index (χ0n) is 16.0. The van der Waals surface area contributed by atoms with Gasteiger partial charge in [0, 0.05) is 23.7 Å². The van der Waals surface area contributed by atoms with Gasteiger partial charge in [0.15, 0.2) is 11.5 Å². The first-order valence-corrected chi connectivity index (χ1v) is 9.39. The second kappa shape index (κ2) is 6.37. The van der Waals surface area contributed by atoms with Crippen LogP contribution in [0.15, 0.2) is 16.7 Å². The second-order valence-electron chi connectivity index (χ2n) is 7.91. The molecule has 26 heavy (non-hydrogen) atoms. The molecule has 7 heteroatoms. The highest BCUT2D eigenvalue weighted by Crippen LogP contribution is 2.39. The van der Waals surface area contributed by atoms with Crippen LogP contribution in [0.1, 0.15) is 81.5 Å². The molecule has 0 spiro atoms. The number of aromatic nitrogens is 5. The molecule has 0 aromatic carbocycles. The number of nitrogens with zero attached hydrogens (tertiary/aromatic N) is 5. The Morgan fingerprint density at radius 2 is 1.92 bits per heavy atom. The Hall–Kier alpha value is -2.44. The molecule has 7 nitrogen and oxygen atoms in total. The molecule has 1 fully saturated rings. The quantitative estimate of drug-likeness (QED) is 0.713. The molecular weight excluding hydrogens is 328 g/mol. The molecule has 1 aliphatic carbocycles. The number of hydrogen-bond acceptors (Lipinski definition) is 6. The summed E-state index contributed by atoms with van der Waals surface area (Å²) < 4.78 is 7.44. The topological polar surface area (TPSA) is 81.1 Å². The van der Waals surface area contributed by atoms with Gasteiger partial charge in [0.25, 0.3) is 0 Å². The third kappa shape index (κ3) is 3.18. The van der Waals surface area contributed by atoms with E-state index in [1.807, 2.05) is 17.5 Å². The number of fused-ring (bicyclic) bond motifs is 1. The van der Waals surface area contributed by atoms with E-state index in [9.17, 15) is 0 Å². The summed E-state index contributed by atoms with van der Waals surface area (Å²) in [5.74, 6) is 3.47. The van der Waals surface area contributed by atoms with Gasteiger partial charge in [-0.15, -0.1) is 0 Å². The highest BCUT2D eigenvalue weighted by Gasteiger charge is 2.31. The highest BCUT2D eigenvalue weighted by molar-refractivity contribution is 5.51. The van der Waals surface area contributed by atoms with Crippen molar-refractivity contribution in [3.8, 4) is 0 Å². The molecule has 0 bridgehead atoms. The molecule has 138 valence electrons. The summed E-state index contributed by atoms with van der Waals surface area (Å²) in [5, 5.41) is 12.3. The first-order valence-electron chi connectivity index (χ1n) is 9.39. The molecule has 0 aliphatic heterocycles. The Labute approximate surface area is 153 Å². The molecule has 3 aromatic heterocycles. The summed E-state index contributed by atoms with van der Waals surface area (Å²) in [4.78, 5) is 9.37. The van der Waals surface area contributed by atoms with Gasteiger partial charge in [-0.3, -0.25) is 0 Å². The van der Waals surface area contributed by atoms with Gasteiger partial charge in [-0.1, -0.05) is 32.9 Å². The summed E-state index contributed by atoms with van der Waals surface area (Å²) in [6.07, 6.45) is 2.32. The fourth-order valence-corrected chi connectivity index (χ4v) is 3.06. The van der Waals surface area contributed by atoms with Crippen LogP contribution in [0, 0.1) is 12.8 Å². The number of hydrogen-bond donors (Lipinski definition) is 1. The van der Waals surface area contributed by atoms with Crippen molar-refractivity contribution < 1.29 is 4.52 Å². The van der Waals surface area contributed by atoms with Crippen LogP contribution >= 0.6 is 0 Å². The van der Waals surface area contributed by atoms with Crippen molar-refractivity contribution in [3.63, 3.8) is 0 Å². The Bertz CT molecular complexity index is 921. The predicted molar refractivity (Wildman–Crippen MR) is 99.3 cm³/mol. The van der Waals surface area contributed by atoms with E-state index in [0.29, 0.717) is 17.7 Å². The fourth-order valence-electron chi connectivity index (χ4n) is 3.06. The molecule has 0 amide bonds. The van der Waals surface area contributed by atoms with Gasteiger partial charge in [0.2, 0.25) is 5.89 Å². The van der Waals surface area contributed by atoms with Crippen molar-refractivity contribution in [3.05, 3.63) is 35.2 Å². The van der Waals surface area contributed by atoms with Gasteiger partial charge in [0.05, 0.1) is 5.69 Å². The monoisotopic (exact) mass is 354 g/mol. The van der Waals surface area contributed by atoms with Crippen LogP contribution < -0.4 is 5.32 Å². The minimum absolute atomic E-state index is 0.0786. The Morgan fingerprint density at radius 3 is 2.58 bits per heavy atom. The normalized spacial score (nSPS) is 16.0. The van der Waals surface area contributed by atoms with Crippen molar-refractivity contribution >= 4 is 11.5 Å². The zero-order chi connectivity index (χ0) is 18.4. The molecule has 1 aliphatic rings. The highest BCUT2D eigenvalue weighted by atomic mass is 16.5. The average molecular weight is 354 g/mol. The predicted octanol–water partition coefficient (Wildman–Crippen LogP) is 4.23. The van der Waals surface area contributed by atoms with Crippen molar-refractivity contribution in [2.75, 3.05) is 5.32 Å². The Morgan fingerprint density at radius 1 is 1.15 bits per heavy atom. The molecule has 1 atom stereocenters. The van der Waals surface area contributed by atoms with E-state index in [1.165, 1.54) is 0 Å². The molecule has 0 saturated heterocycles. The van der Waals surface area contributed by atoms with Gasteiger partial charge in [-0.2, -0.15) is 14.6 Å². The maximum Gasteiger partial charge on any atom is 0.249 e. The summed E-state index contributed by atoms with van der Waals surface area (Å²) in [6, 6.07) is 3.99. The summed E-state index contributed by atoms with van der Waals surface area (Å²) in [5.41, 5.74) is 2.82.